The first-order valence-corrected chi connectivity index (χ1v) is 26.7. The highest BCUT2D eigenvalue weighted by Crippen LogP contribution is 2.44. The molecule has 70 heavy (non-hydrogen) atoms. The van der Waals surface area contributed by atoms with Crippen molar-refractivity contribution in [2.24, 2.45) is 0 Å². The second kappa shape index (κ2) is 45.6. The molecule has 15 heteroatoms. The minimum absolute atomic E-state index is 0.0328. The summed E-state index contributed by atoms with van der Waals surface area (Å²) in [6.45, 7) is 12.4. The Kier molecular flexibility index (Phi) is 39.8. The van der Waals surface area contributed by atoms with Gasteiger partial charge in [0, 0.05) is 18.9 Å². The third kappa shape index (κ3) is 32.7. The molecule has 1 aliphatic rings. The number of hydrogen-bond donors (Lipinski definition) is 1. The Balaban J connectivity index is 0.901. The average Bonchev–Trinajstić information content (AvgIpc) is 3.70. The fraction of sp³-hybridized carbons (Fsp3) is 0.745. The summed E-state index contributed by atoms with van der Waals surface area (Å²) < 4.78 is 66.1. The van der Waals surface area contributed by atoms with Crippen molar-refractivity contribution >= 4 is 12.1 Å². The van der Waals surface area contributed by atoms with E-state index in [1.807, 2.05) is 24.3 Å². The lowest BCUT2D eigenvalue weighted by Gasteiger charge is -2.14. The van der Waals surface area contributed by atoms with Gasteiger partial charge in [-0.05, 0) is 28.7 Å². The molecule has 2 aromatic carbocycles. The molecule has 0 unspecified atom stereocenters. The fourth-order valence-electron chi connectivity index (χ4n) is 7.88. The maximum Gasteiger partial charge on any atom is 0.407 e. The quantitative estimate of drug-likeness (QED) is 0.0494. The molecule has 0 aromatic heterocycles. The molecule has 0 spiro atoms. The summed E-state index contributed by atoms with van der Waals surface area (Å²) in [7, 11) is 0. The zero-order chi connectivity index (χ0) is 49.5. The van der Waals surface area contributed by atoms with E-state index in [1.54, 1.807) is 0 Å². The van der Waals surface area contributed by atoms with Crippen LogP contribution in [0.5, 0.6) is 0 Å². The Hall–Kier alpha value is -3.22. The first kappa shape index (κ1) is 61.1. The number of rotatable bonds is 51. The lowest BCUT2D eigenvalue weighted by Crippen LogP contribution is -2.29. The number of amides is 1. The maximum atomic E-state index is 12.3. The summed E-state index contributed by atoms with van der Waals surface area (Å²) in [6, 6.07) is 16.5. The maximum absolute atomic E-state index is 12.3. The van der Waals surface area contributed by atoms with Gasteiger partial charge < -0.3 is 62.2 Å². The average molecular weight is 990 g/mol. The number of carbonyl (C=O) groups is 2. The zero-order valence-corrected chi connectivity index (χ0v) is 43.0. The van der Waals surface area contributed by atoms with Gasteiger partial charge in [0.1, 0.15) is 13.2 Å². The molecule has 3 rings (SSSR count). The summed E-state index contributed by atoms with van der Waals surface area (Å²) in [5.41, 5.74) is 4.77. The normalized spacial score (nSPS) is 12.1. The molecule has 0 radical (unpaired) electrons. The molecule has 0 atom stereocenters. The van der Waals surface area contributed by atoms with E-state index in [2.05, 4.69) is 36.5 Å². The summed E-state index contributed by atoms with van der Waals surface area (Å²) in [5.74, 6) is -0.102. The Morgan fingerprint density at radius 1 is 0.386 bits per heavy atom. The smallest absolute Gasteiger partial charge is 0.407 e. The summed E-state index contributed by atoms with van der Waals surface area (Å²) in [6.07, 6.45) is 19.7. The van der Waals surface area contributed by atoms with Crippen LogP contribution >= 0.6 is 0 Å². The van der Waals surface area contributed by atoms with Gasteiger partial charge in [0.05, 0.1) is 132 Å². The third-order valence-corrected chi connectivity index (χ3v) is 11.7. The molecular weight excluding hydrogens is 899 g/mol. The second-order valence-electron chi connectivity index (χ2n) is 17.3. The van der Waals surface area contributed by atoms with Crippen molar-refractivity contribution in [3.8, 4) is 11.1 Å². The van der Waals surface area contributed by atoms with Crippen molar-refractivity contribution in [1.29, 1.82) is 0 Å². The van der Waals surface area contributed by atoms with Crippen molar-refractivity contribution in [1.82, 2.24) is 5.32 Å². The summed E-state index contributed by atoms with van der Waals surface area (Å²) in [4.78, 5) is 24.2. The van der Waals surface area contributed by atoms with E-state index in [0.29, 0.717) is 145 Å². The Morgan fingerprint density at radius 3 is 1.07 bits per heavy atom. The SMILES string of the molecule is CCCCCCCCCCCCCCCCCC(=O)OCCOCCOCCOCCOCCOCCOCCOCCOCCOCCOCCNC(=O)OCC1c2ccccc2-c2ccccc21. The van der Waals surface area contributed by atoms with E-state index in [1.165, 1.54) is 106 Å². The molecule has 0 aliphatic heterocycles. The van der Waals surface area contributed by atoms with Gasteiger partial charge in [-0.3, -0.25) is 4.79 Å². The topological polar surface area (TPSA) is 157 Å². The number of alkyl carbamates (subject to hydrolysis) is 1. The Labute approximate surface area is 420 Å². The van der Waals surface area contributed by atoms with E-state index in [-0.39, 0.29) is 25.1 Å². The molecule has 1 N–H and O–H groups in total. The lowest BCUT2D eigenvalue weighted by atomic mass is 9.98. The number of nitrogens with one attached hydrogen (secondary N) is 1. The van der Waals surface area contributed by atoms with E-state index >= 15 is 0 Å². The van der Waals surface area contributed by atoms with E-state index in [0.717, 1.165) is 12.8 Å². The third-order valence-electron chi connectivity index (χ3n) is 11.7. The van der Waals surface area contributed by atoms with E-state index in [9.17, 15) is 9.59 Å². The molecule has 0 fully saturated rings. The first-order chi connectivity index (χ1) is 34.7. The number of unbranched alkanes of at least 4 members (excludes halogenated alkanes) is 14. The van der Waals surface area contributed by atoms with Crippen LogP contribution in [0, 0.1) is 0 Å². The van der Waals surface area contributed by atoms with Crippen molar-refractivity contribution in [2.45, 2.75) is 116 Å². The predicted octanol–water partition coefficient (Wildman–Crippen LogP) is 9.50. The van der Waals surface area contributed by atoms with Gasteiger partial charge in [0.15, 0.2) is 0 Å². The minimum Gasteiger partial charge on any atom is -0.463 e. The van der Waals surface area contributed by atoms with Gasteiger partial charge in [0.25, 0.3) is 0 Å². The lowest BCUT2D eigenvalue weighted by molar-refractivity contribution is -0.145. The van der Waals surface area contributed by atoms with Gasteiger partial charge in [-0.2, -0.15) is 0 Å². The van der Waals surface area contributed by atoms with Crippen molar-refractivity contribution in [3.63, 3.8) is 0 Å². The zero-order valence-electron chi connectivity index (χ0n) is 43.0. The molecule has 2 aromatic rings. The molecule has 1 aliphatic carbocycles. The highest BCUT2D eigenvalue weighted by Gasteiger charge is 2.29. The number of fused-ring (bicyclic) bond motifs is 3. The van der Waals surface area contributed by atoms with Crippen LogP contribution in [0.15, 0.2) is 48.5 Å². The Morgan fingerprint density at radius 2 is 0.700 bits per heavy atom. The Bertz CT molecular complexity index is 1470. The number of esters is 1. The van der Waals surface area contributed by atoms with Gasteiger partial charge >= 0.3 is 12.1 Å². The summed E-state index contributed by atoms with van der Waals surface area (Å²) in [5, 5.41) is 2.75. The molecule has 0 bridgehead atoms. The van der Waals surface area contributed by atoms with Crippen LogP contribution in [0.25, 0.3) is 11.1 Å². The van der Waals surface area contributed by atoms with Gasteiger partial charge in [-0.25, -0.2) is 4.79 Å². The van der Waals surface area contributed by atoms with Crippen LogP contribution in [0.4, 0.5) is 4.79 Å². The second-order valence-corrected chi connectivity index (χ2v) is 17.3. The summed E-state index contributed by atoms with van der Waals surface area (Å²) >= 11 is 0. The molecule has 1 amide bonds. The van der Waals surface area contributed by atoms with E-state index < -0.39 is 6.09 Å². The van der Waals surface area contributed by atoms with Gasteiger partial charge in [-0.15, -0.1) is 0 Å². The van der Waals surface area contributed by atoms with Crippen LogP contribution in [-0.2, 0) is 61.6 Å². The fourth-order valence-corrected chi connectivity index (χ4v) is 7.88. The molecule has 15 nitrogen and oxygen atoms in total. The number of benzene rings is 2. The van der Waals surface area contributed by atoms with Crippen molar-refractivity contribution < 1.29 is 66.4 Å². The highest BCUT2D eigenvalue weighted by atomic mass is 16.6. The van der Waals surface area contributed by atoms with Gasteiger partial charge in [0.2, 0.25) is 0 Å². The predicted molar refractivity (Wildman–Crippen MR) is 272 cm³/mol. The van der Waals surface area contributed by atoms with Crippen LogP contribution < -0.4 is 5.32 Å². The molecular formula is C55H91NO14. The largest absolute Gasteiger partial charge is 0.463 e. The number of hydrogen-bond acceptors (Lipinski definition) is 14. The minimum atomic E-state index is -0.454. The van der Waals surface area contributed by atoms with E-state index in [4.69, 9.17) is 56.8 Å². The van der Waals surface area contributed by atoms with Crippen LogP contribution in [-0.4, -0.2) is 164 Å². The monoisotopic (exact) mass is 990 g/mol. The van der Waals surface area contributed by atoms with Crippen LogP contribution in [0.2, 0.25) is 0 Å². The molecule has 400 valence electrons. The van der Waals surface area contributed by atoms with Crippen molar-refractivity contribution in [3.05, 3.63) is 59.7 Å². The number of ether oxygens (including phenoxy) is 12. The molecule has 0 saturated heterocycles. The van der Waals surface area contributed by atoms with Crippen LogP contribution in [0.3, 0.4) is 0 Å². The number of carbonyl (C=O) groups excluding carboxylic acids is 2. The first-order valence-electron chi connectivity index (χ1n) is 26.7. The molecule has 0 heterocycles. The van der Waals surface area contributed by atoms with Crippen LogP contribution in [0.1, 0.15) is 127 Å². The molecule has 0 saturated carbocycles. The van der Waals surface area contributed by atoms with Gasteiger partial charge in [-0.1, -0.05) is 145 Å². The highest BCUT2D eigenvalue weighted by molar-refractivity contribution is 5.79. The standard InChI is InChI=1S/C55H91NO14/c1-2-3-4-5-6-7-8-9-10-11-12-13-14-15-16-25-54(57)69-47-46-68-45-44-67-43-42-66-41-40-65-39-38-64-37-36-63-35-34-62-33-32-61-31-30-60-29-28-59-27-26-56-55(58)70-48-53-51-23-19-17-21-49(51)50-22-18-20-24-52(50)53/h17-24,53H,2-16,25-48H2,1H3,(H,56,58). The van der Waals surface area contributed by atoms with Crippen molar-refractivity contribution in [2.75, 3.05) is 152 Å².